The summed E-state index contributed by atoms with van der Waals surface area (Å²) in [6.07, 6.45) is 1.44. The standard InChI is InChI=1S/C7H9NO2.CH2O3/c1-2-5-4-8-6(9)3-7(8)10-5;2-1(3)4/h4,7H,2-3H2,1H3;(H2,2,3,4)/t7-;/m0./s1. The Bertz CT molecular complexity index is 281. The van der Waals surface area contributed by atoms with Crippen LogP contribution in [0.1, 0.15) is 19.8 Å². The van der Waals surface area contributed by atoms with Gasteiger partial charge >= 0.3 is 6.16 Å². The summed E-state index contributed by atoms with van der Waals surface area (Å²) < 4.78 is 5.35. The third-order valence-corrected chi connectivity index (χ3v) is 1.87. The number of allylic oxidation sites excluding steroid dienone is 1. The molecule has 0 spiro atoms. The molecule has 0 aromatic heterocycles. The third kappa shape index (κ3) is 2.15. The Labute approximate surface area is 80.4 Å². The van der Waals surface area contributed by atoms with Crippen LogP contribution in [0.5, 0.6) is 0 Å². The second-order valence-corrected chi connectivity index (χ2v) is 2.81. The van der Waals surface area contributed by atoms with Gasteiger partial charge in [0.1, 0.15) is 5.76 Å². The van der Waals surface area contributed by atoms with Gasteiger partial charge in [-0.1, -0.05) is 6.92 Å². The summed E-state index contributed by atoms with van der Waals surface area (Å²) in [6, 6.07) is 0. The molecule has 2 N–H and O–H groups in total. The van der Waals surface area contributed by atoms with Crippen LogP contribution in [0.4, 0.5) is 4.79 Å². The van der Waals surface area contributed by atoms with Gasteiger partial charge < -0.3 is 14.9 Å². The van der Waals surface area contributed by atoms with E-state index in [1.807, 2.05) is 6.92 Å². The van der Waals surface area contributed by atoms with Crippen LogP contribution in [0.3, 0.4) is 0 Å². The van der Waals surface area contributed by atoms with Crippen molar-refractivity contribution in [3.8, 4) is 0 Å². The van der Waals surface area contributed by atoms with Crippen molar-refractivity contribution < 1.29 is 24.5 Å². The maximum absolute atomic E-state index is 10.8. The molecule has 2 heterocycles. The number of β-lactam (4-membered cyclic amide) rings is 1. The summed E-state index contributed by atoms with van der Waals surface area (Å²) in [7, 11) is 0. The first kappa shape index (κ1) is 10.4. The summed E-state index contributed by atoms with van der Waals surface area (Å²) in [5.41, 5.74) is 0. The number of ether oxygens (including phenoxy) is 1. The molecule has 6 nitrogen and oxygen atoms in total. The molecule has 1 fully saturated rings. The first-order valence-electron chi connectivity index (χ1n) is 4.15. The number of rotatable bonds is 1. The summed E-state index contributed by atoms with van der Waals surface area (Å²) in [6.45, 7) is 2.02. The molecule has 2 aliphatic heterocycles. The quantitative estimate of drug-likeness (QED) is 0.619. The number of carbonyl (C=O) groups excluding carboxylic acids is 1. The van der Waals surface area contributed by atoms with Crippen LogP contribution < -0.4 is 0 Å². The molecule has 0 aromatic carbocycles. The molecule has 2 aliphatic rings. The van der Waals surface area contributed by atoms with Gasteiger partial charge in [-0.15, -0.1) is 0 Å². The van der Waals surface area contributed by atoms with E-state index in [-0.39, 0.29) is 12.1 Å². The number of nitrogens with zero attached hydrogens (tertiary/aromatic N) is 1. The minimum atomic E-state index is -1.83. The lowest BCUT2D eigenvalue weighted by atomic mass is 10.2. The molecule has 0 radical (unpaired) electrons. The first-order chi connectivity index (χ1) is 6.54. The second kappa shape index (κ2) is 3.99. The lowest BCUT2D eigenvalue weighted by molar-refractivity contribution is -0.153. The fraction of sp³-hybridized carbons (Fsp3) is 0.500. The van der Waals surface area contributed by atoms with E-state index in [1.165, 1.54) is 0 Å². The van der Waals surface area contributed by atoms with Crippen LogP contribution in [-0.2, 0) is 9.53 Å². The van der Waals surface area contributed by atoms with Gasteiger partial charge in [0.15, 0.2) is 6.23 Å². The van der Waals surface area contributed by atoms with Gasteiger partial charge in [0, 0.05) is 12.6 Å². The number of carbonyl (C=O) groups is 2. The van der Waals surface area contributed by atoms with Crippen molar-refractivity contribution in [2.75, 3.05) is 0 Å². The Morgan fingerprint density at radius 2 is 2.29 bits per heavy atom. The molecule has 2 rings (SSSR count). The maximum atomic E-state index is 10.8. The van der Waals surface area contributed by atoms with Crippen LogP contribution in [0.2, 0.25) is 0 Å². The molecular formula is C8H11NO5. The fourth-order valence-electron chi connectivity index (χ4n) is 1.19. The highest BCUT2D eigenvalue weighted by atomic mass is 16.6. The highest BCUT2D eigenvalue weighted by Gasteiger charge is 2.40. The summed E-state index contributed by atoms with van der Waals surface area (Å²) in [4.78, 5) is 21.0. The molecule has 78 valence electrons. The van der Waals surface area contributed by atoms with Gasteiger partial charge in [-0.2, -0.15) is 0 Å². The smallest absolute Gasteiger partial charge is 0.472 e. The average Bonchev–Trinajstić information content (AvgIpc) is 2.41. The second-order valence-electron chi connectivity index (χ2n) is 2.81. The van der Waals surface area contributed by atoms with Crippen molar-refractivity contribution in [3.63, 3.8) is 0 Å². The Morgan fingerprint density at radius 1 is 1.71 bits per heavy atom. The summed E-state index contributed by atoms with van der Waals surface area (Å²) in [5.74, 6) is 1.10. The van der Waals surface area contributed by atoms with E-state index in [9.17, 15) is 4.79 Å². The summed E-state index contributed by atoms with van der Waals surface area (Å²) >= 11 is 0. The fourth-order valence-corrected chi connectivity index (χ4v) is 1.19. The Morgan fingerprint density at radius 3 is 2.64 bits per heavy atom. The first-order valence-corrected chi connectivity index (χ1v) is 4.15. The molecular weight excluding hydrogens is 190 g/mol. The topological polar surface area (TPSA) is 87.1 Å². The normalized spacial score (nSPS) is 22.4. The van der Waals surface area contributed by atoms with E-state index in [0.717, 1.165) is 12.2 Å². The van der Waals surface area contributed by atoms with Crippen LogP contribution in [-0.4, -0.2) is 33.4 Å². The van der Waals surface area contributed by atoms with Crippen molar-refractivity contribution >= 4 is 12.1 Å². The van der Waals surface area contributed by atoms with Gasteiger partial charge in [0.05, 0.1) is 6.42 Å². The molecule has 0 aromatic rings. The Kier molecular flexibility index (Phi) is 2.95. The van der Waals surface area contributed by atoms with E-state index in [1.54, 1.807) is 11.1 Å². The molecule has 0 aliphatic carbocycles. The van der Waals surface area contributed by atoms with Crippen LogP contribution >= 0.6 is 0 Å². The lowest BCUT2D eigenvalue weighted by Crippen LogP contribution is -2.46. The van der Waals surface area contributed by atoms with Gasteiger partial charge in [-0.05, 0) is 0 Å². The monoisotopic (exact) mass is 201 g/mol. The predicted octanol–water partition coefficient (Wildman–Crippen LogP) is 1.05. The Hall–Kier alpha value is -1.72. The van der Waals surface area contributed by atoms with Gasteiger partial charge in [0.2, 0.25) is 5.91 Å². The van der Waals surface area contributed by atoms with E-state index < -0.39 is 6.16 Å². The van der Waals surface area contributed by atoms with Crippen LogP contribution in [0.25, 0.3) is 0 Å². The number of hydrogen-bond acceptors (Lipinski definition) is 3. The predicted molar refractivity (Wildman–Crippen MR) is 45.4 cm³/mol. The van der Waals surface area contributed by atoms with E-state index in [4.69, 9.17) is 19.7 Å². The van der Waals surface area contributed by atoms with E-state index >= 15 is 0 Å². The van der Waals surface area contributed by atoms with Crippen molar-refractivity contribution in [1.29, 1.82) is 0 Å². The van der Waals surface area contributed by atoms with E-state index in [2.05, 4.69) is 0 Å². The molecule has 1 amide bonds. The Balaban J connectivity index is 0.000000213. The summed E-state index contributed by atoms with van der Waals surface area (Å²) in [5, 5.41) is 13.9. The molecule has 0 unspecified atom stereocenters. The largest absolute Gasteiger partial charge is 0.503 e. The number of hydrogen-bond donors (Lipinski definition) is 2. The zero-order valence-corrected chi connectivity index (χ0v) is 7.64. The third-order valence-electron chi connectivity index (χ3n) is 1.87. The molecule has 6 heteroatoms. The number of amides is 1. The zero-order chi connectivity index (χ0) is 10.7. The van der Waals surface area contributed by atoms with Gasteiger partial charge in [0.25, 0.3) is 0 Å². The zero-order valence-electron chi connectivity index (χ0n) is 7.64. The van der Waals surface area contributed by atoms with Crippen LogP contribution in [0, 0.1) is 0 Å². The average molecular weight is 201 g/mol. The van der Waals surface area contributed by atoms with Crippen molar-refractivity contribution in [2.24, 2.45) is 0 Å². The SMILES string of the molecule is CCC1=CN2C(=O)C[C@@H]2O1.O=C(O)O. The van der Waals surface area contributed by atoms with Crippen molar-refractivity contribution in [3.05, 3.63) is 12.0 Å². The van der Waals surface area contributed by atoms with Gasteiger partial charge in [-0.25, -0.2) is 4.79 Å². The van der Waals surface area contributed by atoms with Crippen molar-refractivity contribution in [2.45, 2.75) is 26.0 Å². The minimum absolute atomic E-state index is 0.0439. The van der Waals surface area contributed by atoms with E-state index in [0.29, 0.717) is 6.42 Å². The highest BCUT2D eigenvalue weighted by Crippen LogP contribution is 2.30. The number of fused-ring (bicyclic) bond motifs is 1. The maximum Gasteiger partial charge on any atom is 0.503 e. The highest BCUT2D eigenvalue weighted by molar-refractivity contribution is 5.84. The molecule has 14 heavy (non-hydrogen) atoms. The molecule has 0 bridgehead atoms. The number of carboxylic acid groups (broad SMARTS) is 2. The minimum Gasteiger partial charge on any atom is -0.472 e. The lowest BCUT2D eigenvalue weighted by Gasteiger charge is -2.31. The molecule has 0 saturated carbocycles. The van der Waals surface area contributed by atoms with Crippen LogP contribution in [0.15, 0.2) is 12.0 Å². The molecule has 1 saturated heterocycles. The van der Waals surface area contributed by atoms with Gasteiger partial charge in [-0.3, -0.25) is 9.69 Å². The molecule has 1 atom stereocenters. The van der Waals surface area contributed by atoms with Crippen molar-refractivity contribution in [1.82, 2.24) is 4.90 Å².